The molecular formula is C23H38N2O9Si. The van der Waals surface area contributed by atoms with E-state index in [2.05, 4.69) is 25.8 Å². The number of ether oxygens (including phenoxy) is 4. The molecule has 0 bridgehead atoms. The highest BCUT2D eigenvalue weighted by molar-refractivity contribution is 6.74. The van der Waals surface area contributed by atoms with Crippen LogP contribution in [-0.2, 0) is 33.0 Å². The molecule has 35 heavy (non-hydrogen) atoms. The van der Waals surface area contributed by atoms with Gasteiger partial charge >= 0.3 is 11.7 Å². The van der Waals surface area contributed by atoms with Gasteiger partial charge in [-0.3, -0.25) is 23.9 Å². The minimum atomic E-state index is -2.47. The van der Waals surface area contributed by atoms with E-state index in [-0.39, 0.29) is 30.4 Å². The first-order chi connectivity index (χ1) is 16.2. The van der Waals surface area contributed by atoms with Crippen molar-refractivity contribution in [3.8, 4) is 0 Å². The van der Waals surface area contributed by atoms with E-state index < -0.39 is 62.3 Å². The molecule has 1 fully saturated rings. The topological polar surface area (TPSA) is 135 Å². The number of aromatic nitrogens is 2. The third kappa shape index (κ3) is 6.97. The number of ketones is 1. The normalized spacial score (nSPS) is 22.9. The largest absolute Gasteiger partial charge is 0.466 e. The predicted molar refractivity (Wildman–Crippen MR) is 130 cm³/mol. The number of esters is 1. The van der Waals surface area contributed by atoms with Gasteiger partial charge in [-0.05, 0) is 32.0 Å². The fourth-order valence-corrected chi connectivity index (χ4v) is 4.73. The summed E-state index contributed by atoms with van der Waals surface area (Å²) in [5.41, 5.74) is -0.951. The zero-order chi connectivity index (χ0) is 26.6. The Morgan fingerprint density at radius 2 is 1.83 bits per heavy atom. The zero-order valence-electron chi connectivity index (χ0n) is 21.8. The van der Waals surface area contributed by atoms with Gasteiger partial charge in [0.2, 0.25) is 0 Å². The number of nitrogens with zero attached hydrogens (tertiary/aromatic N) is 1. The fraction of sp³-hybridized carbons (Fsp3) is 0.739. The van der Waals surface area contributed by atoms with Crippen LogP contribution in [0.2, 0.25) is 18.1 Å². The third-order valence-corrected chi connectivity index (χ3v) is 10.9. The Bertz CT molecular complexity index is 1010. The van der Waals surface area contributed by atoms with Crippen LogP contribution in [0.4, 0.5) is 0 Å². The molecule has 11 nitrogen and oxygen atoms in total. The first kappa shape index (κ1) is 29.1. The Hall–Kier alpha value is -2.12. The lowest BCUT2D eigenvalue weighted by Gasteiger charge is -2.40. The van der Waals surface area contributed by atoms with Gasteiger partial charge in [-0.15, -0.1) is 0 Å². The van der Waals surface area contributed by atoms with Crippen molar-refractivity contribution in [3.05, 3.63) is 32.6 Å². The molecule has 1 saturated heterocycles. The minimum absolute atomic E-state index is 0.138. The van der Waals surface area contributed by atoms with E-state index in [4.69, 9.17) is 23.4 Å². The molecule has 0 saturated carbocycles. The molecule has 0 aliphatic carbocycles. The van der Waals surface area contributed by atoms with Gasteiger partial charge in [0, 0.05) is 18.9 Å². The Kier molecular flexibility index (Phi) is 9.76. The molecule has 0 amide bonds. The average molecular weight is 515 g/mol. The first-order valence-corrected chi connectivity index (χ1v) is 14.6. The highest BCUT2D eigenvalue weighted by atomic mass is 28.4. The minimum Gasteiger partial charge on any atom is -0.466 e. The van der Waals surface area contributed by atoms with Gasteiger partial charge in [0.05, 0.1) is 19.8 Å². The number of hydrogen-bond donors (Lipinski definition) is 1. The van der Waals surface area contributed by atoms with Crippen LogP contribution in [0.1, 0.15) is 45.9 Å². The van der Waals surface area contributed by atoms with Crippen molar-refractivity contribution in [2.24, 2.45) is 0 Å². The van der Waals surface area contributed by atoms with Crippen molar-refractivity contribution in [1.29, 1.82) is 0 Å². The maximum atomic E-state index is 13.2. The zero-order valence-corrected chi connectivity index (χ0v) is 22.8. The second-order valence-electron chi connectivity index (χ2n) is 10.0. The molecule has 198 valence electrons. The lowest BCUT2D eigenvalue weighted by Crippen LogP contribution is -2.51. The lowest BCUT2D eigenvalue weighted by atomic mass is 10.0. The number of aromatic amines is 1. The molecular weight excluding hydrogens is 476 g/mol. The number of hydrogen-bond acceptors (Lipinski definition) is 9. The van der Waals surface area contributed by atoms with Crippen molar-refractivity contribution >= 4 is 20.1 Å². The summed E-state index contributed by atoms with van der Waals surface area (Å²) < 4.78 is 30.0. The summed E-state index contributed by atoms with van der Waals surface area (Å²) >= 11 is 0. The van der Waals surface area contributed by atoms with Crippen molar-refractivity contribution in [1.82, 2.24) is 9.55 Å². The molecule has 4 atom stereocenters. The van der Waals surface area contributed by atoms with Crippen LogP contribution in [0.15, 0.2) is 15.8 Å². The number of Topliss-reactive ketones (excluding diaryl/α,β-unsaturated/α-hetero) is 1. The molecule has 2 rings (SSSR count). The van der Waals surface area contributed by atoms with Crippen LogP contribution >= 0.6 is 0 Å². The number of aryl methyl sites for hydroxylation is 1. The number of H-pyrrole nitrogens is 1. The number of carbonyl (C=O) groups excluding carboxylic acids is 2. The molecule has 1 aliphatic rings. The molecule has 1 aliphatic heterocycles. The summed E-state index contributed by atoms with van der Waals surface area (Å²) in [6, 6.07) is 0. The highest BCUT2D eigenvalue weighted by Gasteiger charge is 2.54. The van der Waals surface area contributed by atoms with Crippen molar-refractivity contribution in [2.75, 3.05) is 26.9 Å². The van der Waals surface area contributed by atoms with Crippen molar-refractivity contribution in [2.45, 2.75) is 83.7 Å². The number of methoxy groups -OCH3 is 1. The van der Waals surface area contributed by atoms with E-state index in [1.165, 1.54) is 17.9 Å². The maximum absolute atomic E-state index is 13.2. The van der Waals surface area contributed by atoms with Gasteiger partial charge in [-0.1, -0.05) is 20.8 Å². The monoisotopic (exact) mass is 514 g/mol. The highest BCUT2D eigenvalue weighted by Crippen LogP contribution is 2.42. The van der Waals surface area contributed by atoms with Crippen LogP contribution in [0.3, 0.4) is 0 Å². The summed E-state index contributed by atoms with van der Waals surface area (Å²) in [5, 5.41) is -0.206. The van der Waals surface area contributed by atoms with Crippen LogP contribution in [0.5, 0.6) is 0 Å². The Labute approximate surface area is 206 Å². The average Bonchev–Trinajstić information content (AvgIpc) is 3.07. The molecule has 1 N–H and O–H groups in total. The first-order valence-electron chi connectivity index (χ1n) is 11.7. The fourth-order valence-electron chi connectivity index (χ4n) is 3.44. The number of carbonyl (C=O) groups is 2. The number of nitrogens with one attached hydrogen (secondary N) is 1. The summed E-state index contributed by atoms with van der Waals surface area (Å²) in [5.74, 6) is -1.21. The Morgan fingerprint density at radius 3 is 2.40 bits per heavy atom. The quantitative estimate of drug-likeness (QED) is 0.202. The van der Waals surface area contributed by atoms with Gasteiger partial charge < -0.3 is 23.4 Å². The van der Waals surface area contributed by atoms with Gasteiger partial charge in [0.15, 0.2) is 20.3 Å². The molecule has 0 aromatic carbocycles. The molecule has 0 radical (unpaired) electrons. The van der Waals surface area contributed by atoms with Crippen LogP contribution in [-0.4, -0.2) is 74.9 Å². The maximum Gasteiger partial charge on any atom is 0.330 e. The van der Waals surface area contributed by atoms with E-state index in [1.807, 2.05) is 13.1 Å². The molecule has 2 unspecified atom stereocenters. The van der Waals surface area contributed by atoms with Crippen LogP contribution < -0.4 is 11.2 Å². The summed E-state index contributed by atoms with van der Waals surface area (Å²) in [4.78, 5) is 52.2. The number of rotatable bonds is 11. The molecule has 1 aromatic heterocycles. The van der Waals surface area contributed by atoms with E-state index in [9.17, 15) is 19.2 Å². The second kappa shape index (κ2) is 11.7. The standard InChI is InChI=1S/C23H38N2O9Si/c1-9-31-16(27)12-15(26)17-18(34-35(7,8)23(3,4)5)19(32-11-10-30-6)21(33-17)25-13-14(2)20(28)24-22(25)29/h13,17-19,21H,9-12H2,1-8H3,(H,24,28,29)/t17-,18?,19?,21-/m1/s1. The van der Waals surface area contributed by atoms with Crippen molar-refractivity contribution < 1.29 is 33.0 Å². The molecule has 1 aromatic rings. The third-order valence-electron chi connectivity index (χ3n) is 6.39. The summed E-state index contributed by atoms with van der Waals surface area (Å²) in [6.07, 6.45) is -3.21. The Morgan fingerprint density at radius 1 is 1.17 bits per heavy atom. The van der Waals surface area contributed by atoms with Gasteiger partial charge in [0.1, 0.15) is 24.7 Å². The molecule has 12 heteroatoms. The van der Waals surface area contributed by atoms with Crippen LogP contribution in [0, 0.1) is 6.92 Å². The van der Waals surface area contributed by atoms with Crippen molar-refractivity contribution in [3.63, 3.8) is 0 Å². The van der Waals surface area contributed by atoms with E-state index in [0.717, 1.165) is 0 Å². The van der Waals surface area contributed by atoms with Gasteiger partial charge in [-0.2, -0.15) is 0 Å². The predicted octanol–water partition coefficient (Wildman–Crippen LogP) is 1.69. The molecule has 2 heterocycles. The van der Waals surface area contributed by atoms with E-state index >= 15 is 0 Å². The second-order valence-corrected chi connectivity index (χ2v) is 14.8. The van der Waals surface area contributed by atoms with E-state index in [1.54, 1.807) is 13.8 Å². The summed E-state index contributed by atoms with van der Waals surface area (Å²) in [7, 11) is -0.946. The SMILES string of the molecule is CCOC(=O)CC(=O)[C@H]1O[C@@H](n2cc(C)c(=O)[nH]c2=O)C(OCCOC)C1O[Si](C)(C)C(C)(C)C. The Balaban J connectivity index is 2.56. The van der Waals surface area contributed by atoms with Crippen LogP contribution in [0.25, 0.3) is 0 Å². The smallest absolute Gasteiger partial charge is 0.330 e. The molecule has 0 spiro atoms. The van der Waals surface area contributed by atoms with E-state index in [0.29, 0.717) is 0 Å². The summed E-state index contributed by atoms with van der Waals surface area (Å²) in [6.45, 7) is 14.0. The lowest BCUT2D eigenvalue weighted by molar-refractivity contribution is -0.149. The van der Waals surface area contributed by atoms with Gasteiger partial charge in [0.25, 0.3) is 5.56 Å². The van der Waals surface area contributed by atoms with Gasteiger partial charge in [-0.25, -0.2) is 4.79 Å².